The van der Waals surface area contributed by atoms with Crippen molar-refractivity contribution in [3.63, 3.8) is 0 Å². The van der Waals surface area contributed by atoms with Crippen LogP contribution in [0.2, 0.25) is 0 Å². The highest BCUT2D eigenvalue weighted by atomic mass is 16.8. The Bertz CT molecular complexity index is 538. The monoisotopic (exact) mass is 249 g/mol. The third kappa shape index (κ3) is 2.30. The molecule has 7 nitrogen and oxygen atoms in total. The van der Waals surface area contributed by atoms with Crippen LogP contribution in [0, 0.1) is 5.21 Å². The van der Waals surface area contributed by atoms with Gasteiger partial charge in [-0.15, -0.1) is 0 Å². The molecule has 94 valence electrons. The summed E-state index contributed by atoms with van der Waals surface area (Å²) < 4.78 is 4.44. The third-order valence-corrected chi connectivity index (χ3v) is 2.27. The lowest BCUT2D eigenvalue weighted by molar-refractivity contribution is -0.793. The molecule has 1 amide bonds. The van der Waals surface area contributed by atoms with E-state index in [0.29, 0.717) is 5.56 Å². The van der Waals surface area contributed by atoms with Crippen LogP contribution in [-0.2, 0) is 0 Å². The van der Waals surface area contributed by atoms with Crippen molar-refractivity contribution in [2.24, 2.45) is 0 Å². The molecule has 0 saturated carbocycles. The van der Waals surface area contributed by atoms with Gasteiger partial charge in [0.2, 0.25) is 5.69 Å². The summed E-state index contributed by atoms with van der Waals surface area (Å²) in [6.07, 6.45) is 0. The zero-order valence-electron chi connectivity index (χ0n) is 9.37. The number of amides is 1. The second-order valence-electron chi connectivity index (χ2n) is 3.47. The second-order valence-corrected chi connectivity index (χ2v) is 3.47. The van der Waals surface area contributed by atoms with E-state index >= 15 is 0 Å². The Morgan fingerprint density at radius 2 is 2.17 bits per heavy atom. The van der Waals surface area contributed by atoms with Crippen LogP contribution in [-0.4, -0.2) is 29.3 Å². The van der Waals surface area contributed by atoms with E-state index in [2.05, 4.69) is 15.1 Å². The van der Waals surface area contributed by atoms with Gasteiger partial charge in [-0.25, -0.2) is 0 Å². The summed E-state index contributed by atoms with van der Waals surface area (Å²) >= 11 is 0. The van der Waals surface area contributed by atoms with Crippen LogP contribution < -0.4 is 10.2 Å². The van der Waals surface area contributed by atoms with Crippen molar-refractivity contribution in [1.82, 2.24) is 10.5 Å². The number of hydrogen-bond acceptors (Lipinski definition) is 5. The molecule has 1 aromatic heterocycles. The highest BCUT2D eigenvalue weighted by Gasteiger charge is 2.27. The van der Waals surface area contributed by atoms with Crippen LogP contribution in [0.4, 0.5) is 0 Å². The van der Waals surface area contributed by atoms with Gasteiger partial charge in [0.25, 0.3) is 0 Å². The summed E-state index contributed by atoms with van der Waals surface area (Å²) in [6.45, 7) is -0.111. The first kappa shape index (κ1) is 12.1. The lowest BCUT2D eigenvalue weighted by Gasteiger charge is -1.99. The zero-order valence-corrected chi connectivity index (χ0v) is 9.37. The van der Waals surface area contributed by atoms with E-state index in [-0.39, 0.29) is 29.4 Å². The maximum absolute atomic E-state index is 11.7. The first-order valence-electron chi connectivity index (χ1n) is 5.28. The van der Waals surface area contributed by atoms with Gasteiger partial charge in [-0.1, -0.05) is 30.3 Å². The summed E-state index contributed by atoms with van der Waals surface area (Å²) in [6, 6.07) is 8.60. The number of aliphatic hydroxyl groups is 1. The average molecular weight is 249 g/mol. The molecule has 0 fully saturated rings. The van der Waals surface area contributed by atoms with Gasteiger partial charge in [0.05, 0.1) is 11.8 Å². The van der Waals surface area contributed by atoms with Crippen LogP contribution in [0.1, 0.15) is 10.5 Å². The molecule has 2 N–H and O–H groups in total. The molecule has 18 heavy (non-hydrogen) atoms. The second kappa shape index (κ2) is 5.28. The van der Waals surface area contributed by atoms with E-state index in [9.17, 15) is 10.0 Å². The van der Waals surface area contributed by atoms with E-state index in [1.165, 1.54) is 0 Å². The smallest absolute Gasteiger partial charge is 0.313 e. The Labute approximate surface area is 102 Å². The molecule has 0 unspecified atom stereocenters. The predicted molar refractivity (Wildman–Crippen MR) is 60.3 cm³/mol. The van der Waals surface area contributed by atoms with Gasteiger partial charge in [-0.2, -0.15) is 0 Å². The van der Waals surface area contributed by atoms with Crippen molar-refractivity contribution in [2.45, 2.75) is 0 Å². The summed E-state index contributed by atoms with van der Waals surface area (Å²) in [5, 5.41) is 25.9. The van der Waals surface area contributed by atoms with Crippen LogP contribution in [0.15, 0.2) is 35.0 Å². The predicted octanol–water partition coefficient (Wildman–Crippen LogP) is -0.303. The van der Waals surface area contributed by atoms with Gasteiger partial charge < -0.3 is 15.6 Å². The number of benzene rings is 1. The fourth-order valence-electron chi connectivity index (χ4n) is 1.49. The Balaban J connectivity index is 2.36. The van der Waals surface area contributed by atoms with Crippen molar-refractivity contribution in [1.29, 1.82) is 0 Å². The van der Waals surface area contributed by atoms with E-state index in [0.717, 1.165) is 0 Å². The number of aromatic nitrogens is 2. The Kier molecular flexibility index (Phi) is 3.54. The maximum atomic E-state index is 11.7. The standard InChI is InChI=1S/C11H11N3O4/c15-7-6-12-11(16)9-10(14(17)18-13-9)8-4-2-1-3-5-8/h1-5,15H,6-7H2,(H,12,16). The van der Waals surface area contributed by atoms with E-state index < -0.39 is 5.91 Å². The molecule has 0 aliphatic heterocycles. The van der Waals surface area contributed by atoms with Gasteiger partial charge in [-0.3, -0.25) is 9.42 Å². The minimum absolute atomic E-state index is 0.0473. The summed E-state index contributed by atoms with van der Waals surface area (Å²) in [4.78, 5) is 11.9. The number of aliphatic hydroxyl groups excluding tert-OH is 1. The molecular formula is C11H11N3O4. The Hall–Kier alpha value is -2.41. The highest BCUT2D eigenvalue weighted by molar-refractivity contribution is 5.97. The van der Waals surface area contributed by atoms with E-state index in [1.54, 1.807) is 30.3 Å². The molecule has 0 radical (unpaired) electrons. The van der Waals surface area contributed by atoms with E-state index in [1.807, 2.05) is 0 Å². The van der Waals surface area contributed by atoms with Gasteiger partial charge >= 0.3 is 11.6 Å². The molecule has 2 rings (SSSR count). The van der Waals surface area contributed by atoms with Crippen LogP contribution in [0.5, 0.6) is 0 Å². The number of carbonyl (C=O) groups excluding carboxylic acids is 1. The highest BCUT2D eigenvalue weighted by Crippen LogP contribution is 2.18. The zero-order chi connectivity index (χ0) is 13.0. The van der Waals surface area contributed by atoms with Crippen molar-refractivity contribution < 1.29 is 19.4 Å². The van der Waals surface area contributed by atoms with Crippen molar-refractivity contribution in [3.05, 3.63) is 41.2 Å². The first-order chi connectivity index (χ1) is 8.74. The minimum atomic E-state index is -0.568. The van der Waals surface area contributed by atoms with Crippen molar-refractivity contribution in [3.8, 4) is 11.3 Å². The van der Waals surface area contributed by atoms with Crippen LogP contribution in [0.3, 0.4) is 0 Å². The number of carbonyl (C=O) groups is 1. The topological polar surface area (TPSA) is 102 Å². The molecule has 1 heterocycles. The quantitative estimate of drug-likeness (QED) is 0.724. The molecule has 0 aliphatic rings. The van der Waals surface area contributed by atoms with Gasteiger partial charge in [-0.05, 0) is 4.90 Å². The molecule has 0 atom stereocenters. The normalized spacial score (nSPS) is 10.3. The molecule has 7 heteroatoms. The lowest BCUT2D eigenvalue weighted by atomic mass is 10.1. The average Bonchev–Trinajstić information content (AvgIpc) is 2.79. The van der Waals surface area contributed by atoms with Crippen molar-refractivity contribution >= 4 is 5.91 Å². The largest absolute Gasteiger partial charge is 0.395 e. The molecule has 0 spiro atoms. The summed E-state index contributed by atoms with van der Waals surface area (Å²) in [7, 11) is 0. The lowest BCUT2D eigenvalue weighted by Crippen LogP contribution is -2.30. The molecule has 2 aromatic rings. The number of nitrogens with zero attached hydrogens (tertiary/aromatic N) is 2. The summed E-state index contributed by atoms with van der Waals surface area (Å²) in [5.74, 6) is -0.568. The van der Waals surface area contributed by atoms with Gasteiger partial charge in [0.1, 0.15) is 0 Å². The minimum Gasteiger partial charge on any atom is -0.395 e. The van der Waals surface area contributed by atoms with Crippen LogP contribution >= 0.6 is 0 Å². The fourth-order valence-corrected chi connectivity index (χ4v) is 1.49. The molecule has 0 saturated heterocycles. The fraction of sp³-hybridized carbons (Fsp3) is 0.182. The number of rotatable bonds is 4. The molecule has 1 aromatic carbocycles. The van der Waals surface area contributed by atoms with Crippen molar-refractivity contribution in [2.75, 3.05) is 13.2 Å². The Morgan fingerprint density at radius 1 is 1.44 bits per heavy atom. The summed E-state index contributed by atoms with van der Waals surface area (Å²) in [5.41, 5.74) is 0.471. The van der Waals surface area contributed by atoms with Crippen LogP contribution in [0.25, 0.3) is 11.3 Å². The van der Waals surface area contributed by atoms with E-state index in [4.69, 9.17) is 5.11 Å². The number of nitrogens with one attached hydrogen (secondary N) is 1. The first-order valence-corrected chi connectivity index (χ1v) is 5.28. The molecule has 0 aliphatic carbocycles. The Morgan fingerprint density at radius 3 is 2.83 bits per heavy atom. The third-order valence-electron chi connectivity index (χ3n) is 2.27. The molecular weight excluding hydrogens is 238 g/mol. The maximum Gasteiger partial charge on any atom is 0.313 e. The van der Waals surface area contributed by atoms with Gasteiger partial charge in [0, 0.05) is 12.1 Å². The SMILES string of the molecule is O=C(NCCO)c1no[n+]([O-])c1-c1ccccc1. The van der Waals surface area contributed by atoms with Gasteiger partial charge in [0.15, 0.2) is 0 Å². The molecule has 0 bridgehead atoms. The number of hydrogen-bond donors (Lipinski definition) is 2.